The van der Waals surface area contributed by atoms with Gasteiger partial charge in [-0.2, -0.15) is 5.26 Å². The second-order valence-electron chi connectivity index (χ2n) is 5.76. The molecule has 108 valence electrons. The van der Waals surface area contributed by atoms with Crippen molar-refractivity contribution in [3.63, 3.8) is 0 Å². The van der Waals surface area contributed by atoms with Crippen molar-refractivity contribution in [2.24, 2.45) is 11.1 Å². The first-order valence-electron chi connectivity index (χ1n) is 7.12. The minimum Gasteiger partial charge on any atom is -0.491 e. The molecule has 4 heteroatoms. The van der Waals surface area contributed by atoms with Gasteiger partial charge in [-0.05, 0) is 43.4 Å². The molecule has 1 aromatic carbocycles. The number of rotatable bonds is 7. The van der Waals surface area contributed by atoms with Crippen LogP contribution in [0.15, 0.2) is 18.2 Å². The molecule has 0 aromatic heterocycles. The van der Waals surface area contributed by atoms with E-state index in [4.69, 9.17) is 27.3 Å². The molecule has 0 spiro atoms. The zero-order valence-electron chi connectivity index (χ0n) is 11.9. The summed E-state index contributed by atoms with van der Waals surface area (Å²) in [7, 11) is 0. The van der Waals surface area contributed by atoms with Crippen molar-refractivity contribution in [2.75, 3.05) is 6.61 Å². The van der Waals surface area contributed by atoms with E-state index in [1.54, 1.807) is 0 Å². The van der Waals surface area contributed by atoms with Crippen LogP contribution < -0.4 is 10.5 Å². The Labute approximate surface area is 125 Å². The van der Waals surface area contributed by atoms with Gasteiger partial charge in [0, 0.05) is 17.9 Å². The molecule has 2 rings (SSSR count). The summed E-state index contributed by atoms with van der Waals surface area (Å²) in [4.78, 5) is 0. The smallest absolute Gasteiger partial charge is 0.137 e. The molecule has 1 aromatic rings. The highest BCUT2D eigenvalue weighted by Gasteiger charge is 2.43. The second kappa shape index (κ2) is 6.47. The highest BCUT2D eigenvalue weighted by molar-refractivity contribution is 6.32. The van der Waals surface area contributed by atoms with Crippen LogP contribution in [0.3, 0.4) is 0 Å². The maximum Gasteiger partial charge on any atom is 0.137 e. The molecule has 1 fully saturated rings. The van der Waals surface area contributed by atoms with Crippen molar-refractivity contribution in [3.8, 4) is 11.8 Å². The summed E-state index contributed by atoms with van der Waals surface area (Å²) in [6.07, 6.45) is 4.48. The summed E-state index contributed by atoms with van der Waals surface area (Å²) in [5, 5.41) is 9.42. The van der Waals surface area contributed by atoms with E-state index in [1.807, 2.05) is 18.2 Å². The van der Waals surface area contributed by atoms with Crippen LogP contribution in [-0.4, -0.2) is 12.6 Å². The Hall–Kier alpha value is -1.24. The van der Waals surface area contributed by atoms with Gasteiger partial charge >= 0.3 is 0 Å². The molecule has 20 heavy (non-hydrogen) atoms. The lowest BCUT2D eigenvalue weighted by molar-refractivity contribution is 0.237. The first kappa shape index (κ1) is 15.2. The first-order valence-corrected chi connectivity index (χ1v) is 7.50. The largest absolute Gasteiger partial charge is 0.491 e. The van der Waals surface area contributed by atoms with E-state index in [-0.39, 0.29) is 11.5 Å². The molecule has 2 N–H and O–H groups in total. The van der Waals surface area contributed by atoms with E-state index < -0.39 is 0 Å². The predicted octanol–water partition coefficient (Wildman–Crippen LogP) is 3.69. The third kappa shape index (κ3) is 3.88. The third-order valence-corrected chi connectivity index (χ3v) is 4.26. The van der Waals surface area contributed by atoms with Gasteiger partial charge in [-0.3, -0.25) is 0 Å². The summed E-state index contributed by atoms with van der Waals surface area (Å²) in [6, 6.07) is 8.25. The number of ether oxygens (including phenoxy) is 1. The van der Waals surface area contributed by atoms with Crippen molar-refractivity contribution < 1.29 is 4.74 Å². The lowest BCUT2D eigenvalue weighted by Gasteiger charge is -2.15. The molecule has 0 aliphatic heterocycles. The molecular weight excluding hydrogens is 272 g/mol. The minimum absolute atomic E-state index is 0.0707. The molecule has 3 nitrogen and oxygen atoms in total. The standard InChI is InChI=1S/C16H21ClN2O/c1-2-13(19)9-12-3-4-15(14(17)10-12)20-11-16(5-6-16)7-8-18/h3-4,10,13H,2,5-7,9,11,19H2,1H3. The maximum absolute atomic E-state index is 8.79. The van der Waals surface area contributed by atoms with Gasteiger partial charge in [-0.25, -0.2) is 0 Å². The number of halogens is 1. The van der Waals surface area contributed by atoms with E-state index >= 15 is 0 Å². The van der Waals surface area contributed by atoms with Crippen molar-refractivity contribution in [2.45, 2.75) is 45.1 Å². The van der Waals surface area contributed by atoms with Gasteiger partial charge in [0.25, 0.3) is 0 Å². The zero-order chi connectivity index (χ0) is 14.6. The average molecular weight is 293 g/mol. The molecule has 0 heterocycles. The van der Waals surface area contributed by atoms with Crippen LogP contribution in [0.1, 0.15) is 38.2 Å². The number of nitriles is 1. The highest BCUT2D eigenvalue weighted by Crippen LogP contribution is 2.49. The van der Waals surface area contributed by atoms with Crippen LogP contribution in [0.2, 0.25) is 5.02 Å². The lowest BCUT2D eigenvalue weighted by atomic mass is 10.0. The number of nitrogens with two attached hydrogens (primary N) is 1. The van der Waals surface area contributed by atoms with Gasteiger partial charge in [0.05, 0.1) is 17.7 Å². The fraction of sp³-hybridized carbons (Fsp3) is 0.562. The summed E-state index contributed by atoms with van der Waals surface area (Å²) in [5.41, 5.74) is 7.15. The predicted molar refractivity (Wildman–Crippen MR) is 80.8 cm³/mol. The second-order valence-corrected chi connectivity index (χ2v) is 6.17. The average Bonchev–Trinajstić information content (AvgIpc) is 3.18. The van der Waals surface area contributed by atoms with E-state index in [0.29, 0.717) is 23.8 Å². The normalized spacial score (nSPS) is 17.3. The number of hydrogen-bond acceptors (Lipinski definition) is 3. The Bertz CT molecular complexity index is 506. The molecule has 1 unspecified atom stereocenters. The third-order valence-electron chi connectivity index (χ3n) is 3.96. The molecule has 1 atom stereocenters. The van der Waals surface area contributed by atoms with Gasteiger partial charge in [0.2, 0.25) is 0 Å². The molecule has 0 radical (unpaired) electrons. The lowest BCUT2D eigenvalue weighted by Crippen LogP contribution is -2.21. The summed E-state index contributed by atoms with van der Waals surface area (Å²) >= 11 is 6.25. The van der Waals surface area contributed by atoms with Crippen LogP contribution >= 0.6 is 11.6 Å². The van der Waals surface area contributed by atoms with Gasteiger partial charge in [-0.1, -0.05) is 24.6 Å². The molecule has 0 amide bonds. The Balaban J connectivity index is 1.94. The zero-order valence-corrected chi connectivity index (χ0v) is 12.6. The maximum atomic E-state index is 8.79. The molecule has 1 aliphatic carbocycles. The Morgan fingerprint density at radius 3 is 2.80 bits per heavy atom. The monoisotopic (exact) mass is 292 g/mol. The van der Waals surface area contributed by atoms with Crippen LogP contribution in [-0.2, 0) is 6.42 Å². The summed E-state index contributed by atoms with van der Waals surface area (Å²) in [6.45, 7) is 2.65. The number of benzene rings is 1. The fourth-order valence-corrected chi connectivity index (χ4v) is 2.44. The van der Waals surface area contributed by atoms with Crippen LogP contribution in [0.25, 0.3) is 0 Å². The van der Waals surface area contributed by atoms with E-state index in [0.717, 1.165) is 31.2 Å². The van der Waals surface area contributed by atoms with Gasteiger partial charge in [-0.15, -0.1) is 0 Å². The van der Waals surface area contributed by atoms with Gasteiger partial charge in [0.1, 0.15) is 5.75 Å². The Morgan fingerprint density at radius 2 is 2.25 bits per heavy atom. The quantitative estimate of drug-likeness (QED) is 0.834. The fourth-order valence-electron chi connectivity index (χ4n) is 2.18. The molecule has 0 bridgehead atoms. The SMILES string of the molecule is CCC(N)Cc1ccc(OCC2(CC#N)CC2)c(Cl)c1. The molecule has 1 saturated carbocycles. The number of nitrogens with zero attached hydrogens (tertiary/aromatic N) is 1. The first-order chi connectivity index (χ1) is 9.58. The van der Waals surface area contributed by atoms with Crippen molar-refractivity contribution in [1.82, 2.24) is 0 Å². The van der Waals surface area contributed by atoms with Crippen LogP contribution in [0.4, 0.5) is 0 Å². The van der Waals surface area contributed by atoms with Crippen molar-refractivity contribution in [3.05, 3.63) is 28.8 Å². The molecule has 1 aliphatic rings. The molecule has 0 saturated heterocycles. The van der Waals surface area contributed by atoms with E-state index in [2.05, 4.69) is 13.0 Å². The van der Waals surface area contributed by atoms with Crippen LogP contribution in [0, 0.1) is 16.7 Å². The molecular formula is C16H21ClN2O. The van der Waals surface area contributed by atoms with Crippen LogP contribution in [0.5, 0.6) is 5.75 Å². The summed E-state index contributed by atoms with van der Waals surface area (Å²) < 4.78 is 5.79. The van der Waals surface area contributed by atoms with E-state index in [9.17, 15) is 0 Å². The summed E-state index contributed by atoms with van der Waals surface area (Å²) in [5.74, 6) is 0.699. The van der Waals surface area contributed by atoms with E-state index in [1.165, 1.54) is 0 Å². The number of hydrogen-bond donors (Lipinski definition) is 1. The van der Waals surface area contributed by atoms with Gasteiger partial charge < -0.3 is 10.5 Å². The minimum atomic E-state index is 0.0707. The van der Waals surface area contributed by atoms with Crippen molar-refractivity contribution in [1.29, 1.82) is 5.26 Å². The topological polar surface area (TPSA) is 59.0 Å². The van der Waals surface area contributed by atoms with Gasteiger partial charge in [0.15, 0.2) is 0 Å². The Morgan fingerprint density at radius 1 is 1.50 bits per heavy atom. The highest BCUT2D eigenvalue weighted by atomic mass is 35.5. The van der Waals surface area contributed by atoms with Crippen molar-refractivity contribution >= 4 is 11.6 Å². The Kier molecular flexibility index (Phi) is 4.91.